The minimum absolute atomic E-state index is 0.111. The highest BCUT2D eigenvalue weighted by atomic mass is 35.5. The first-order chi connectivity index (χ1) is 9.00. The Kier molecular flexibility index (Phi) is 4.30. The minimum Gasteiger partial charge on any atom is -0.201 e. The molecule has 0 aliphatic heterocycles. The third kappa shape index (κ3) is 3.22. The summed E-state index contributed by atoms with van der Waals surface area (Å²) in [5.74, 6) is 0. The number of halogens is 8. The Labute approximate surface area is 134 Å². The molecule has 0 saturated heterocycles. The van der Waals surface area contributed by atoms with Gasteiger partial charge in [-0.25, -0.2) is 4.09 Å². The summed E-state index contributed by atoms with van der Waals surface area (Å²) < 4.78 is 49.7. The van der Waals surface area contributed by atoms with E-state index in [9.17, 15) is 17.6 Å². The molecule has 0 N–H and O–H groups in total. The second-order valence-electron chi connectivity index (χ2n) is 3.54. The Morgan fingerprint density at radius 2 is 1.70 bits per heavy atom. The fraction of sp³-hybridized carbons (Fsp3) is 0.222. The molecule has 0 aliphatic carbocycles. The third-order valence-electron chi connectivity index (χ3n) is 2.22. The molecule has 0 radical (unpaired) electrons. The molecule has 0 bridgehead atoms. The Hall–Kier alpha value is -0.0800. The Bertz CT molecular complexity index is 664. The number of benzene rings is 1. The number of rotatable bonds is 2. The van der Waals surface area contributed by atoms with Crippen LogP contribution in [0.15, 0.2) is 12.3 Å². The Morgan fingerprint density at radius 1 is 1.10 bits per heavy atom. The highest BCUT2D eigenvalue weighted by Gasteiger charge is 2.36. The van der Waals surface area contributed by atoms with Crippen molar-refractivity contribution in [1.29, 1.82) is 0 Å². The number of nitrogens with zero attached hydrogens (tertiary/aromatic N) is 2. The molecule has 0 unspecified atom stereocenters. The summed E-state index contributed by atoms with van der Waals surface area (Å²) in [5, 5.41) is 2.80. The van der Waals surface area contributed by atoms with Crippen molar-refractivity contribution in [1.82, 2.24) is 9.19 Å². The van der Waals surface area contributed by atoms with Gasteiger partial charge in [0.1, 0.15) is 0 Å². The van der Waals surface area contributed by atoms with E-state index in [-0.39, 0.29) is 27.9 Å². The quantitative estimate of drug-likeness (QED) is 0.470. The van der Waals surface area contributed by atoms with Crippen LogP contribution in [0.5, 0.6) is 0 Å². The Morgan fingerprint density at radius 3 is 2.20 bits per heavy atom. The van der Waals surface area contributed by atoms with E-state index < -0.39 is 20.7 Å². The normalized spacial score (nSPS) is 13.2. The maximum atomic E-state index is 13.1. The van der Waals surface area contributed by atoms with Gasteiger partial charge >= 0.3 is 10.1 Å². The van der Waals surface area contributed by atoms with Gasteiger partial charge in [-0.1, -0.05) is 46.4 Å². The molecule has 20 heavy (non-hydrogen) atoms. The molecule has 1 aromatic carbocycles. The summed E-state index contributed by atoms with van der Waals surface area (Å²) in [6, 6.07) is 0.697. The molecular formula is C9H2Cl4F4N2S. The van der Waals surface area contributed by atoms with Crippen molar-refractivity contribution in [3.05, 3.63) is 27.9 Å². The standard InChI is InChI=1S/C9H2Cl4F4N2S/c10-6-3-2-18-19(20-9(12,13)17)5(3)1-4(7(6)11)8(14,15)16/h1-2H. The van der Waals surface area contributed by atoms with Crippen LogP contribution in [-0.2, 0) is 6.18 Å². The van der Waals surface area contributed by atoms with Crippen molar-refractivity contribution in [2.24, 2.45) is 0 Å². The monoisotopic (exact) mass is 386 g/mol. The van der Waals surface area contributed by atoms with Crippen molar-refractivity contribution in [2.75, 3.05) is 0 Å². The number of hydrogen-bond acceptors (Lipinski definition) is 2. The number of alkyl halides is 6. The molecule has 0 fully saturated rings. The number of fused-ring (bicyclic) bond motifs is 1. The molecule has 0 spiro atoms. The van der Waals surface area contributed by atoms with E-state index in [0.717, 1.165) is 10.3 Å². The van der Waals surface area contributed by atoms with Gasteiger partial charge in [-0.15, -0.1) is 0 Å². The summed E-state index contributed by atoms with van der Waals surface area (Å²) in [7, 11) is 0. The Balaban J connectivity index is 2.69. The maximum absolute atomic E-state index is 13.1. The first-order valence-electron chi connectivity index (χ1n) is 4.70. The van der Waals surface area contributed by atoms with Gasteiger partial charge in [0, 0.05) is 5.39 Å². The zero-order valence-corrected chi connectivity index (χ0v) is 12.8. The molecule has 11 heteroatoms. The third-order valence-corrected chi connectivity index (χ3v) is 4.18. The SMILES string of the molecule is FC(Cl)(Cl)Sn1ncc2c(Cl)c(Cl)c(C(F)(F)F)cc21. The topological polar surface area (TPSA) is 17.8 Å². The molecule has 0 amide bonds. The van der Waals surface area contributed by atoms with Crippen LogP contribution in [0.25, 0.3) is 10.9 Å². The lowest BCUT2D eigenvalue weighted by atomic mass is 10.1. The van der Waals surface area contributed by atoms with Gasteiger partial charge in [-0.3, -0.25) is 0 Å². The van der Waals surface area contributed by atoms with Crippen LogP contribution >= 0.6 is 58.4 Å². The molecule has 110 valence electrons. The van der Waals surface area contributed by atoms with E-state index in [2.05, 4.69) is 5.10 Å². The van der Waals surface area contributed by atoms with Crippen molar-refractivity contribution in [3.8, 4) is 0 Å². The molecular weight excluding hydrogens is 386 g/mol. The van der Waals surface area contributed by atoms with Crippen LogP contribution in [0.1, 0.15) is 5.56 Å². The highest BCUT2D eigenvalue weighted by molar-refractivity contribution is 8.01. The van der Waals surface area contributed by atoms with E-state index in [0.29, 0.717) is 6.07 Å². The smallest absolute Gasteiger partial charge is 0.201 e. The predicted octanol–water partition coefficient (Wildman–Crippen LogP) is 5.92. The lowest BCUT2D eigenvalue weighted by molar-refractivity contribution is -0.137. The molecule has 0 aliphatic rings. The van der Waals surface area contributed by atoms with Gasteiger partial charge in [0.25, 0.3) is 0 Å². The van der Waals surface area contributed by atoms with Gasteiger partial charge in [-0.2, -0.15) is 22.7 Å². The summed E-state index contributed by atoms with van der Waals surface area (Å²) in [6.45, 7) is 0. The molecule has 2 aromatic rings. The predicted molar refractivity (Wildman–Crippen MR) is 73.3 cm³/mol. The van der Waals surface area contributed by atoms with Crippen LogP contribution in [0, 0.1) is 0 Å². The first kappa shape index (κ1) is 16.3. The van der Waals surface area contributed by atoms with Crippen LogP contribution in [0.2, 0.25) is 10.0 Å². The van der Waals surface area contributed by atoms with Crippen LogP contribution in [0.3, 0.4) is 0 Å². The van der Waals surface area contributed by atoms with E-state index in [1.807, 2.05) is 0 Å². The molecule has 1 heterocycles. The second-order valence-corrected chi connectivity index (χ2v) is 7.07. The van der Waals surface area contributed by atoms with Gasteiger partial charge in [-0.05, 0) is 6.07 Å². The van der Waals surface area contributed by atoms with E-state index >= 15 is 0 Å². The lowest BCUT2D eigenvalue weighted by Crippen LogP contribution is -2.07. The van der Waals surface area contributed by atoms with E-state index in [1.165, 1.54) is 0 Å². The second kappa shape index (κ2) is 5.28. The fourth-order valence-corrected chi connectivity index (χ4v) is 2.90. The van der Waals surface area contributed by atoms with Gasteiger partial charge in [0.2, 0.25) is 0 Å². The highest BCUT2D eigenvalue weighted by Crippen LogP contribution is 2.44. The number of aromatic nitrogens is 2. The first-order valence-corrected chi connectivity index (χ1v) is 6.98. The molecule has 1 aromatic heterocycles. The zero-order valence-electron chi connectivity index (χ0n) is 8.98. The van der Waals surface area contributed by atoms with Crippen LogP contribution in [-0.4, -0.2) is 13.1 Å². The number of hydrogen-bond donors (Lipinski definition) is 0. The maximum Gasteiger partial charge on any atom is 0.417 e. The van der Waals surface area contributed by atoms with E-state index in [4.69, 9.17) is 46.4 Å². The summed E-state index contributed by atoms with van der Waals surface area (Å²) in [6.07, 6.45) is -3.58. The van der Waals surface area contributed by atoms with Crippen LogP contribution < -0.4 is 0 Å². The van der Waals surface area contributed by atoms with Crippen LogP contribution in [0.4, 0.5) is 17.6 Å². The van der Waals surface area contributed by atoms with E-state index in [1.54, 1.807) is 0 Å². The van der Waals surface area contributed by atoms with Gasteiger partial charge in [0.15, 0.2) is 0 Å². The van der Waals surface area contributed by atoms with Gasteiger partial charge < -0.3 is 0 Å². The molecule has 2 rings (SSSR count). The van der Waals surface area contributed by atoms with Crippen molar-refractivity contribution >= 4 is 69.3 Å². The fourth-order valence-electron chi connectivity index (χ4n) is 1.46. The van der Waals surface area contributed by atoms with Crippen molar-refractivity contribution < 1.29 is 17.6 Å². The summed E-state index contributed by atoms with van der Waals surface area (Å²) in [5.41, 5.74) is -1.27. The lowest BCUT2D eigenvalue weighted by Gasteiger charge is -2.12. The zero-order chi connectivity index (χ0) is 15.3. The molecule has 2 nitrogen and oxygen atoms in total. The molecule has 0 atom stereocenters. The molecule has 0 saturated carbocycles. The summed E-state index contributed by atoms with van der Waals surface area (Å²) >= 11 is 21.8. The summed E-state index contributed by atoms with van der Waals surface area (Å²) in [4.78, 5) is 0. The van der Waals surface area contributed by atoms with Crippen molar-refractivity contribution in [3.63, 3.8) is 0 Å². The van der Waals surface area contributed by atoms with Crippen molar-refractivity contribution in [2.45, 2.75) is 10.1 Å². The largest absolute Gasteiger partial charge is 0.417 e. The average Bonchev–Trinajstić information content (AvgIpc) is 2.63. The minimum atomic E-state index is -4.72. The average molecular weight is 388 g/mol. The van der Waals surface area contributed by atoms with Gasteiger partial charge in [0.05, 0.1) is 39.3 Å².